The molecule has 1 saturated heterocycles. The summed E-state index contributed by atoms with van der Waals surface area (Å²) in [5.41, 5.74) is 1.20. The summed E-state index contributed by atoms with van der Waals surface area (Å²) in [7, 11) is 0. The van der Waals surface area contributed by atoms with Gasteiger partial charge in [-0.05, 0) is 36.5 Å². The second-order valence-electron chi connectivity index (χ2n) is 4.03. The maximum absolute atomic E-state index is 6.02. The summed E-state index contributed by atoms with van der Waals surface area (Å²) in [6.45, 7) is 1.71. The lowest BCUT2D eigenvalue weighted by molar-refractivity contribution is 0.0662. The predicted octanol–water partition coefficient (Wildman–Crippen LogP) is 4.86. The van der Waals surface area contributed by atoms with E-state index in [1.165, 1.54) is 5.56 Å². The van der Waals surface area contributed by atoms with E-state index >= 15 is 0 Å². The van der Waals surface area contributed by atoms with Crippen LogP contribution in [0.2, 0.25) is 10.0 Å². The van der Waals surface area contributed by atoms with Gasteiger partial charge in [0.05, 0.1) is 10.0 Å². The molecule has 1 aliphatic heterocycles. The van der Waals surface area contributed by atoms with E-state index in [2.05, 4.69) is 15.9 Å². The molecule has 88 valence electrons. The molecule has 1 atom stereocenters. The summed E-state index contributed by atoms with van der Waals surface area (Å²) < 4.78 is 5.36. The van der Waals surface area contributed by atoms with Crippen molar-refractivity contribution in [2.75, 3.05) is 13.2 Å². The molecule has 0 aliphatic carbocycles. The Morgan fingerprint density at radius 2 is 1.88 bits per heavy atom. The van der Waals surface area contributed by atoms with Gasteiger partial charge in [0, 0.05) is 18.0 Å². The SMILES string of the molecule is Clc1ccc(C(Br)C2CCOCC2)cc1Cl. The van der Waals surface area contributed by atoms with E-state index in [4.69, 9.17) is 27.9 Å². The van der Waals surface area contributed by atoms with E-state index < -0.39 is 0 Å². The van der Waals surface area contributed by atoms with Gasteiger partial charge in [0.25, 0.3) is 0 Å². The highest BCUT2D eigenvalue weighted by Gasteiger charge is 2.23. The fourth-order valence-corrected chi connectivity index (χ4v) is 3.08. The Morgan fingerprint density at radius 1 is 1.19 bits per heavy atom. The number of alkyl halides is 1. The van der Waals surface area contributed by atoms with E-state index in [0.717, 1.165) is 26.1 Å². The fraction of sp³-hybridized carbons (Fsp3) is 0.500. The maximum Gasteiger partial charge on any atom is 0.0595 e. The number of benzene rings is 1. The number of rotatable bonds is 2. The molecule has 0 amide bonds. The second-order valence-corrected chi connectivity index (χ2v) is 5.83. The van der Waals surface area contributed by atoms with Crippen molar-refractivity contribution in [2.24, 2.45) is 5.92 Å². The molecule has 1 aromatic carbocycles. The quantitative estimate of drug-likeness (QED) is 0.706. The van der Waals surface area contributed by atoms with Crippen molar-refractivity contribution in [1.29, 1.82) is 0 Å². The van der Waals surface area contributed by atoms with E-state index in [1.807, 2.05) is 18.2 Å². The molecule has 1 aliphatic rings. The average Bonchev–Trinajstić information content (AvgIpc) is 2.33. The molecule has 1 nitrogen and oxygen atoms in total. The second kappa shape index (κ2) is 5.72. The summed E-state index contributed by atoms with van der Waals surface area (Å²) in [5, 5.41) is 1.23. The average molecular weight is 324 g/mol. The van der Waals surface area contributed by atoms with Gasteiger partial charge < -0.3 is 4.74 Å². The minimum atomic E-state index is 0.339. The first kappa shape index (κ1) is 12.7. The molecule has 0 bridgehead atoms. The topological polar surface area (TPSA) is 9.23 Å². The van der Waals surface area contributed by atoms with Crippen LogP contribution in [0.3, 0.4) is 0 Å². The first-order valence-electron chi connectivity index (χ1n) is 5.35. The molecule has 1 aromatic rings. The van der Waals surface area contributed by atoms with Crippen molar-refractivity contribution in [1.82, 2.24) is 0 Å². The lowest BCUT2D eigenvalue weighted by atomic mass is 9.92. The zero-order chi connectivity index (χ0) is 11.5. The van der Waals surface area contributed by atoms with Crippen LogP contribution in [0.4, 0.5) is 0 Å². The van der Waals surface area contributed by atoms with Crippen molar-refractivity contribution in [2.45, 2.75) is 17.7 Å². The van der Waals surface area contributed by atoms with Crippen molar-refractivity contribution < 1.29 is 4.74 Å². The highest BCUT2D eigenvalue weighted by Crippen LogP contribution is 2.38. The van der Waals surface area contributed by atoms with Crippen LogP contribution in [0.15, 0.2) is 18.2 Å². The zero-order valence-corrected chi connectivity index (χ0v) is 11.9. The van der Waals surface area contributed by atoms with Gasteiger partial charge in [-0.1, -0.05) is 45.2 Å². The highest BCUT2D eigenvalue weighted by atomic mass is 79.9. The van der Waals surface area contributed by atoms with Crippen LogP contribution in [0.1, 0.15) is 23.2 Å². The number of halogens is 3. The number of hydrogen-bond acceptors (Lipinski definition) is 1. The van der Waals surface area contributed by atoms with Crippen molar-refractivity contribution >= 4 is 39.1 Å². The van der Waals surface area contributed by atoms with E-state index in [-0.39, 0.29) is 0 Å². The molecular weight excluding hydrogens is 311 g/mol. The van der Waals surface area contributed by atoms with Gasteiger partial charge in [0.2, 0.25) is 0 Å². The van der Waals surface area contributed by atoms with E-state index in [9.17, 15) is 0 Å². The van der Waals surface area contributed by atoms with Gasteiger partial charge in [-0.25, -0.2) is 0 Å². The molecule has 0 saturated carbocycles. The third-order valence-electron chi connectivity index (χ3n) is 2.94. The van der Waals surface area contributed by atoms with Gasteiger partial charge >= 0.3 is 0 Å². The molecule has 1 unspecified atom stereocenters. The summed E-state index contributed by atoms with van der Waals surface area (Å²) in [5.74, 6) is 0.617. The first-order chi connectivity index (χ1) is 7.68. The molecule has 16 heavy (non-hydrogen) atoms. The summed E-state index contributed by atoms with van der Waals surface area (Å²) in [6, 6.07) is 5.83. The predicted molar refractivity (Wildman–Crippen MR) is 71.7 cm³/mol. The van der Waals surface area contributed by atoms with Crippen molar-refractivity contribution in [3.05, 3.63) is 33.8 Å². The monoisotopic (exact) mass is 322 g/mol. The van der Waals surface area contributed by atoms with Crippen LogP contribution in [-0.2, 0) is 4.74 Å². The Morgan fingerprint density at radius 3 is 2.50 bits per heavy atom. The van der Waals surface area contributed by atoms with Gasteiger partial charge in [-0.15, -0.1) is 0 Å². The molecular formula is C12H13BrCl2O. The van der Waals surface area contributed by atoms with Crippen LogP contribution < -0.4 is 0 Å². The minimum absolute atomic E-state index is 0.339. The first-order valence-corrected chi connectivity index (χ1v) is 7.02. The van der Waals surface area contributed by atoms with Crippen molar-refractivity contribution in [3.8, 4) is 0 Å². The normalized spacial score (nSPS) is 19.7. The standard InChI is InChI=1S/C12H13BrCl2O/c13-12(8-3-5-16-6-4-8)9-1-2-10(14)11(15)7-9/h1-2,7-8,12H,3-6H2. The summed E-state index contributed by atoms with van der Waals surface area (Å²) >= 11 is 15.7. The van der Waals surface area contributed by atoms with Crippen LogP contribution >= 0.6 is 39.1 Å². The lowest BCUT2D eigenvalue weighted by Gasteiger charge is -2.27. The third-order valence-corrected chi connectivity index (χ3v) is 4.96. The maximum atomic E-state index is 6.02. The van der Waals surface area contributed by atoms with Gasteiger partial charge in [-0.3, -0.25) is 0 Å². The van der Waals surface area contributed by atoms with Gasteiger partial charge in [-0.2, -0.15) is 0 Å². The molecule has 1 fully saturated rings. The van der Waals surface area contributed by atoms with Crippen molar-refractivity contribution in [3.63, 3.8) is 0 Å². The Bertz CT molecular complexity index is 364. The molecule has 0 radical (unpaired) electrons. The smallest absolute Gasteiger partial charge is 0.0595 e. The molecule has 0 aromatic heterocycles. The van der Waals surface area contributed by atoms with Gasteiger partial charge in [0.1, 0.15) is 0 Å². The van der Waals surface area contributed by atoms with Crippen LogP contribution in [-0.4, -0.2) is 13.2 Å². The number of ether oxygens (including phenoxy) is 1. The summed E-state index contributed by atoms with van der Waals surface area (Å²) in [6.07, 6.45) is 2.19. The van der Waals surface area contributed by atoms with E-state index in [1.54, 1.807) is 0 Å². The Labute approximate surface area is 114 Å². The van der Waals surface area contributed by atoms with Crippen LogP contribution in [0.5, 0.6) is 0 Å². The largest absolute Gasteiger partial charge is 0.381 e. The van der Waals surface area contributed by atoms with Crippen LogP contribution in [0, 0.1) is 5.92 Å². The zero-order valence-electron chi connectivity index (χ0n) is 8.76. The molecule has 0 N–H and O–H groups in total. The third kappa shape index (κ3) is 2.92. The van der Waals surface area contributed by atoms with E-state index in [0.29, 0.717) is 20.8 Å². The van der Waals surface area contributed by atoms with Gasteiger partial charge in [0.15, 0.2) is 0 Å². The Balaban J connectivity index is 2.12. The Kier molecular flexibility index (Phi) is 4.54. The molecule has 0 spiro atoms. The number of hydrogen-bond donors (Lipinski definition) is 0. The Hall–Kier alpha value is 0.240. The fourth-order valence-electron chi connectivity index (χ4n) is 1.96. The minimum Gasteiger partial charge on any atom is -0.381 e. The molecule has 2 rings (SSSR count). The van der Waals surface area contributed by atoms with Crippen LogP contribution in [0.25, 0.3) is 0 Å². The molecule has 1 heterocycles. The molecule has 4 heteroatoms. The summed E-state index contributed by atoms with van der Waals surface area (Å²) in [4.78, 5) is 0.339. The lowest BCUT2D eigenvalue weighted by Crippen LogP contribution is -2.19. The highest BCUT2D eigenvalue weighted by molar-refractivity contribution is 9.09.